The Morgan fingerprint density at radius 3 is 2.58 bits per heavy atom. The average Bonchev–Trinajstić information content (AvgIpc) is 2.60. The molecule has 1 unspecified atom stereocenters. The van der Waals surface area contributed by atoms with E-state index in [1.807, 2.05) is 0 Å². The van der Waals surface area contributed by atoms with Gasteiger partial charge >= 0.3 is 6.16 Å². The summed E-state index contributed by atoms with van der Waals surface area (Å²) in [6.45, 7) is 0. The highest BCUT2D eigenvalue weighted by Crippen LogP contribution is 2.24. The Morgan fingerprint density at radius 2 is 2.00 bits per heavy atom. The van der Waals surface area contributed by atoms with E-state index in [1.165, 1.54) is 0 Å². The van der Waals surface area contributed by atoms with Crippen LogP contribution in [0.5, 0.6) is 0 Å². The number of carbonyl (C=O) groups is 3. The van der Waals surface area contributed by atoms with Crippen LogP contribution in [0.1, 0.15) is 12.0 Å². The lowest BCUT2D eigenvalue weighted by molar-refractivity contribution is -0.176. The van der Waals surface area contributed by atoms with Gasteiger partial charge < -0.3 is 5.11 Å². The van der Waals surface area contributed by atoms with Crippen molar-refractivity contribution in [2.75, 3.05) is 0 Å². The second kappa shape index (κ2) is 5.27. The van der Waals surface area contributed by atoms with E-state index in [0.29, 0.717) is 16.5 Å². The highest BCUT2D eigenvalue weighted by atomic mass is 35.5. The van der Waals surface area contributed by atoms with Gasteiger partial charge in [-0.05, 0) is 24.1 Å². The molecule has 0 aromatic heterocycles. The Hall–Kier alpha value is -2.08. The minimum atomic E-state index is -1.69. The quantitative estimate of drug-likeness (QED) is 0.856. The Labute approximate surface area is 113 Å². The number of hydrogen-bond donors (Lipinski definition) is 1. The number of carboxylic acid groups (broad SMARTS) is 1. The largest absolute Gasteiger partial charge is 0.531 e. The molecular formula is C12H10ClNO5. The van der Waals surface area contributed by atoms with Gasteiger partial charge in [0, 0.05) is 11.4 Å². The number of hydrogen-bond acceptors (Lipinski definition) is 4. The predicted octanol–water partition coefficient (Wildman–Crippen LogP) is 1.87. The fourth-order valence-electron chi connectivity index (χ4n) is 1.91. The van der Waals surface area contributed by atoms with Crippen LogP contribution in [-0.2, 0) is 20.8 Å². The third-order valence-corrected chi connectivity index (χ3v) is 3.01. The zero-order chi connectivity index (χ0) is 14.0. The molecule has 1 heterocycles. The van der Waals surface area contributed by atoms with Crippen molar-refractivity contribution >= 4 is 29.6 Å². The second-order valence-electron chi connectivity index (χ2n) is 4.12. The molecule has 0 bridgehead atoms. The third-order valence-electron chi connectivity index (χ3n) is 2.76. The monoisotopic (exact) mass is 283 g/mol. The van der Waals surface area contributed by atoms with Crippen LogP contribution in [0.4, 0.5) is 4.79 Å². The lowest BCUT2D eigenvalue weighted by Crippen LogP contribution is -2.33. The normalized spacial score (nSPS) is 18.8. The molecule has 19 heavy (non-hydrogen) atoms. The van der Waals surface area contributed by atoms with E-state index < -0.39 is 23.9 Å². The zero-order valence-corrected chi connectivity index (χ0v) is 10.5. The molecule has 2 rings (SSSR count). The van der Waals surface area contributed by atoms with Crippen molar-refractivity contribution in [1.82, 2.24) is 5.06 Å². The number of amides is 2. The maximum Gasteiger partial charge on any atom is 0.531 e. The summed E-state index contributed by atoms with van der Waals surface area (Å²) in [5.74, 6) is -1.89. The Morgan fingerprint density at radius 1 is 1.37 bits per heavy atom. The third kappa shape index (κ3) is 3.03. The molecule has 1 aromatic carbocycles. The Kier molecular flexibility index (Phi) is 3.71. The van der Waals surface area contributed by atoms with Gasteiger partial charge in [-0.1, -0.05) is 28.8 Å². The predicted molar refractivity (Wildman–Crippen MR) is 64.2 cm³/mol. The minimum absolute atomic E-state index is 0.0608. The van der Waals surface area contributed by atoms with Crippen LogP contribution in [0.15, 0.2) is 24.3 Å². The van der Waals surface area contributed by atoms with Gasteiger partial charge in [0.2, 0.25) is 0 Å². The molecule has 0 spiro atoms. The van der Waals surface area contributed by atoms with Gasteiger partial charge in [0.25, 0.3) is 11.8 Å². The fourth-order valence-corrected chi connectivity index (χ4v) is 2.03. The summed E-state index contributed by atoms with van der Waals surface area (Å²) in [6.07, 6.45) is -1.41. The van der Waals surface area contributed by atoms with E-state index in [1.54, 1.807) is 24.3 Å². The van der Waals surface area contributed by atoms with Crippen molar-refractivity contribution in [1.29, 1.82) is 0 Å². The van der Waals surface area contributed by atoms with Crippen molar-refractivity contribution in [2.24, 2.45) is 5.92 Å². The van der Waals surface area contributed by atoms with Crippen LogP contribution in [0.25, 0.3) is 0 Å². The van der Waals surface area contributed by atoms with Crippen molar-refractivity contribution in [3.8, 4) is 0 Å². The number of carbonyl (C=O) groups excluding carboxylic acids is 2. The smallest absolute Gasteiger partial charge is 0.448 e. The van der Waals surface area contributed by atoms with Crippen LogP contribution in [-0.4, -0.2) is 28.1 Å². The molecule has 6 nitrogen and oxygen atoms in total. The van der Waals surface area contributed by atoms with Gasteiger partial charge in [-0.2, -0.15) is 0 Å². The summed E-state index contributed by atoms with van der Waals surface area (Å²) in [6, 6.07) is 6.87. The Bertz CT molecular complexity index is 527. The van der Waals surface area contributed by atoms with Crippen molar-refractivity contribution in [3.05, 3.63) is 34.9 Å². The first-order valence-electron chi connectivity index (χ1n) is 5.49. The van der Waals surface area contributed by atoms with Crippen molar-refractivity contribution in [3.63, 3.8) is 0 Å². The summed E-state index contributed by atoms with van der Waals surface area (Å²) in [7, 11) is 0. The molecule has 100 valence electrons. The number of imide groups is 1. The molecule has 1 atom stereocenters. The van der Waals surface area contributed by atoms with E-state index in [2.05, 4.69) is 4.84 Å². The second-order valence-corrected chi connectivity index (χ2v) is 4.55. The molecular weight excluding hydrogens is 274 g/mol. The van der Waals surface area contributed by atoms with Crippen molar-refractivity contribution < 1.29 is 24.3 Å². The van der Waals surface area contributed by atoms with E-state index in [4.69, 9.17) is 16.7 Å². The molecule has 1 fully saturated rings. The summed E-state index contributed by atoms with van der Waals surface area (Å²) in [4.78, 5) is 37.8. The highest BCUT2D eigenvalue weighted by Gasteiger charge is 2.41. The molecule has 7 heteroatoms. The summed E-state index contributed by atoms with van der Waals surface area (Å²) >= 11 is 5.75. The van der Waals surface area contributed by atoms with Gasteiger partial charge in [-0.25, -0.2) is 4.79 Å². The summed E-state index contributed by atoms with van der Waals surface area (Å²) in [5.41, 5.74) is 0.840. The zero-order valence-electron chi connectivity index (χ0n) is 9.71. The molecule has 0 saturated carbocycles. The molecule has 1 saturated heterocycles. The lowest BCUT2D eigenvalue weighted by Gasteiger charge is -2.11. The SMILES string of the molecule is O=C(O)ON1C(=O)CC(Cc2ccc(Cl)cc2)C1=O. The van der Waals surface area contributed by atoms with E-state index >= 15 is 0 Å². The summed E-state index contributed by atoms with van der Waals surface area (Å²) in [5, 5.41) is 9.32. The van der Waals surface area contributed by atoms with Crippen LogP contribution in [0, 0.1) is 5.92 Å². The standard InChI is InChI=1S/C12H10ClNO5/c13-9-3-1-7(2-4-9)5-8-6-10(15)14(11(8)16)19-12(17)18/h1-4,8H,5-6H2,(H,17,18). The fraction of sp³-hybridized carbons (Fsp3) is 0.250. The number of halogens is 1. The van der Waals surface area contributed by atoms with Gasteiger partial charge in [0.05, 0.1) is 5.92 Å². The molecule has 2 amide bonds. The van der Waals surface area contributed by atoms with Gasteiger partial charge in [-0.3, -0.25) is 14.4 Å². The maximum absolute atomic E-state index is 11.8. The first-order chi connectivity index (χ1) is 8.97. The number of hydroxylamine groups is 2. The van der Waals surface area contributed by atoms with Crippen LogP contribution in [0.2, 0.25) is 5.02 Å². The number of rotatable bonds is 3. The maximum atomic E-state index is 11.8. The van der Waals surface area contributed by atoms with Gasteiger partial charge in [0.1, 0.15) is 0 Å². The Balaban J connectivity index is 2.06. The molecule has 0 radical (unpaired) electrons. The van der Waals surface area contributed by atoms with Gasteiger partial charge in [-0.15, -0.1) is 0 Å². The van der Waals surface area contributed by atoms with E-state index in [9.17, 15) is 14.4 Å². The molecule has 1 aromatic rings. The first-order valence-corrected chi connectivity index (χ1v) is 5.87. The minimum Gasteiger partial charge on any atom is -0.448 e. The van der Waals surface area contributed by atoms with Gasteiger partial charge in [0.15, 0.2) is 0 Å². The van der Waals surface area contributed by atoms with E-state index in [-0.39, 0.29) is 6.42 Å². The van der Waals surface area contributed by atoms with Crippen LogP contribution in [0.3, 0.4) is 0 Å². The van der Waals surface area contributed by atoms with Crippen LogP contribution >= 0.6 is 11.6 Å². The van der Waals surface area contributed by atoms with Crippen molar-refractivity contribution in [2.45, 2.75) is 12.8 Å². The molecule has 1 aliphatic rings. The summed E-state index contributed by atoms with van der Waals surface area (Å²) < 4.78 is 0. The lowest BCUT2D eigenvalue weighted by atomic mass is 9.98. The number of nitrogens with zero attached hydrogens (tertiary/aromatic N) is 1. The molecule has 0 aliphatic carbocycles. The average molecular weight is 284 g/mol. The highest BCUT2D eigenvalue weighted by molar-refractivity contribution is 6.30. The molecule has 1 aliphatic heterocycles. The number of benzene rings is 1. The molecule has 1 N–H and O–H groups in total. The first kappa shape index (κ1) is 13.4. The topological polar surface area (TPSA) is 83.9 Å². The van der Waals surface area contributed by atoms with E-state index in [0.717, 1.165) is 5.56 Å². The van der Waals surface area contributed by atoms with Crippen LogP contribution < -0.4 is 0 Å².